The Kier molecular flexibility index (Phi) is 4.55. The fourth-order valence-corrected chi connectivity index (χ4v) is 2.43. The predicted molar refractivity (Wildman–Crippen MR) is 84.1 cm³/mol. The molecule has 0 aliphatic carbocycles. The van der Waals surface area contributed by atoms with Gasteiger partial charge in [-0.2, -0.15) is 5.10 Å². The topological polar surface area (TPSA) is 74.1 Å². The highest BCUT2D eigenvalue weighted by molar-refractivity contribution is 5.56. The third kappa shape index (κ3) is 3.49. The summed E-state index contributed by atoms with van der Waals surface area (Å²) in [7, 11) is 0. The van der Waals surface area contributed by atoms with Gasteiger partial charge < -0.3 is 14.8 Å². The largest absolute Gasteiger partial charge is 0.460 e. The lowest BCUT2D eigenvalue weighted by Gasteiger charge is -2.12. The van der Waals surface area contributed by atoms with Crippen molar-refractivity contribution in [3.05, 3.63) is 65.3 Å². The average molecular weight is 315 g/mol. The maximum absolute atomic E-state index is 13.6. The van der Waals surface area contributed by atoms with Crippen molar-refractivity contribution in [3.63, 3.8) is 0 Å². The molecule has 1 atom stereocenters. The van der Waals surface area contributed by atoms with Crippen molar-refractivity contribution in [1.29, 1.82) is 0 Å². The van der Waals surface area contributed by atoms with Gasteiger partial charge in [-0.1, -0.05) is 18.2 Å². The summed E-state index contributed by atoms with van der Waals surface area (Å²) in [6.07, 6.45) is 0.799. The summed E-state index contributed by atoms with van der Waals surface area (Å²) in [6, 6.07) is 9.98. The number of aliphatic hydroxyl groups is 1. The minimum atomic E-state index is -0.905. The molecule has 0 aliphatic rings. The lowest BCUT2D eigenvalue weighted by molar-refractivity contribution is 0.169. The Balaban J connectivity index is 1.62. The van der Waals surface area contributed by atoms with Crippen LogP contribution in [0.2, 0.25) is 0 Å². The fraction of sp³-hybridized carbons (Fsp3) is 0.235. The van der Waals surface area contributed by atoms with E-state index < -0.39 is 11.9 Å². The predicted octanol–water partition coefficient (Wildman–Crippen LogP) is 2.94. The third-order valence-electron chi connectivity index (χ3n) is 3.62. The number of benzene rings is 1. The maximum Gasteiger partial charge on any atom is 0.152 e. The van der Waals surface area contributed by atoms with Crippen LogP contribution >= 0.6 is 0 Å². The Morgan fingerprint density at radius 3 is 2.87 bits per heavy atom. The van der Waals surface area contributed by atoms with Crippen LogP contribution in [0.5, 0.6) is 0 Å². The Hall–Kier alpha value is -2.44. The molecule has 2 aromatic heterocycles. The van der Waals surface area contributed by atoms with Crippen molar-refractivity contribution in [2.45, 2.75) is 19.6 Å². The van der Waals surface area contributed by atoms with Crippen LogP contribution in [0.15, 0.2) is 47.0 Å². The first kappa shape index (κ1) is 15.5. The molecule has 0 saturated carbocycles. The van der Waals surface area contributed by atoms with Crippen molar-refractivity contribution in [3.8, 4) is 11.5 Å². The summed E-state index contributed by atoms with van der Waals surface area (Å²) in [5, 5.41) is 20.1. The third-order valence-corrected chi connectivity index (χ3v) is 3.62. The van der Waals surface area contributed by atoms with Gasteiger partial charge >= 0.3 is 0 Å². The van der Waals surface area contributed by atoms with E-state index in [1.807, 2.05) is 19.1 Å². The van der Waals surface area contributed by atoms with Crippen LogP contribution < -0.4 is 5.32 Å². The SMILES string of the molecule is Cc1ccc(-c2[nH]ncc2CNCC(O)c2ccccc2F)o1. The van der Waals surface area contributed by atoms with Gasteiger partial charge in [-0.05, 0) is 25.1 Å². The van der Waals surface area contributed by atoms with Gasteiger partial charge in [-0.3, -0.25) is 5.10 Å². The summed E-state index contributed by atoms with van der Waals surface area (Å²) in [5.41, 5.74) is 2.00. The molecular weight excluding hydrogens is 297 g/mol. The number of hydrogen-bond acceptors (Lipinski definition) is 4. The van der Waals surface area contributed by atoms with Crippen molar-refractivity contribution in [2.24, 2.45) is 0 Å². The summed E-state index contributed by atoms with van der Waals surface area (Å²) in [6.45, 7) is 2.60. The highest BCUT2D eigenvalue weighted by atomic mass is 19.1. The molecule has 0 saturated heterocycles. The van der Waals surface area contributed by atoms with Gasteiger partial charge in [0.25, 0.3) is 0 Å². The smallest absolute Gasteiger partial charge is 0.152 e. The highest BCUT2D eigenvalue weighted by Crippen LogP contribution is 2.23. The number of halogens is 1. The monoisotopic (exact) mass is 315 g/mol. The van der Waals surface area contributed by atoms with Gasteiger partial charge in [-0.25, -0.2) is 4.39 Å². The van der Waals surface area contributed by atoms with Gasteiger partial charge in [0.15, 0.2) is 5.76 Å². The molecule has 0 amide bonds. The van der Waals surface area contributed by atoms with Crippen LogP contribution in [0, 0.1) is 12.7 Å². The van der Waals surface area contributed by atoms with Gasteiger partial charge in [0, 0.05) is 24.2 Å². The van der Waals surface area contributed by atoms with Crippen molar-refractivity contribution in [1.82, 2.24) is 15.5 Å². The minimum absolute atomic E-state index is 0.239. The quantitative estimate of drug-likeness (QED) is 0.654. The number of aryl methyl sites for hydroxylation is 1. The van der Waals surface area contributed by atoms with Crippen LogP contribution in [0.1, 0.15) is 23.0 Å². The van der Waals surface area contributed by atoms with E-state index in [4.69, 9.17) is 4.42 Å². The van der Waals surface area contributed by atoms with Crippen molar-refractivity contribution < 1.29 is 13.9 Å². The Morgan fingerprint density at radius 2 is 2.13 bits per heavy atom. The lowest BCUT2D eigenvalue weighted by Crippen LogP contribution is -2.21. The first-order valence-corrected chi connectivity index (χ1v) is 7.37. The van der Waals surface area contributed by atoms with Gasteiger partial charge in [0.2, 0.25) is 0 Å². The number of hydrogen-bond donors (Lipinski definition) is 3. The molecule has 0 radical (unpaired) electrons. The summed E-state index contributed by atoms with van der Waals surface area (Å²) < 4.78 is 19.2. The number of furan rings is 1. The first-order valence-electron chi connectivity index (χ1n) is 7.37. The number of aliphatic hydroxyl groups excluding tert-OH is 1. The zero-order chi connectivity index (χ0) is 16.2. The van der Waals surface area contributed by atoms with Crippen molar-refractivity contribution in [2.75, 3.05) is 6.54 Å². The zero-order valence-corrected chi connectivity index (χ0v) is 12.7. The average Bonchev–Trinajstić information content (AvgIpc) is 3.16. The normalized spacial score (nSPS) is 12.5. The molecule has 6 heteroatoms. The molecule has 0 spiro atoms. The molecule has 120 valence electrons. The van der Waals surface area contributed by atoms with E-state index in [0.29, 0.717) is 12.3 Å². The molecule has 3 rings (SSSR count). The molecule has 1 unspecified atom stereocenters. The summed E-state index contributed by atoms with van der Waals surface area (Å²) in [5.74, 6) is 1.13. The minimum Gasteiger partial charge on any atom is -0.460 e. The first-order chi connectivity index (χ1) is 11.1. The van der Waals surface area contributed by atoms with Crippen LogP contribution in [0.3, 0.4) is 0 Å². The number of nitrogens with one attached hydrogen (secondary N) is 2. The van der Waals surface area contributed by atoms with E-state index in [-0.39, 0.29) is 12.1 Å². The molecular formula is C17H18FN3O2. The van der Waals surface area contributed by atoms with E-state index in [0.717, 1.165) is 17.0 Å². The van der Waals surface area contributed by atoms with E-state index in [1.165, 1.54) is 6.07 Å². The van der Waals surface area contributed by atoms with Gasteiger partial charge in [0.1, 0.15) is 17.3 Å². The summed E-state index contributed by atoms with van der Waals surface area (Å²) >= 11 is 0. The maximum atomic E-state index is 13.6. The molecule has 0 fully saturated rings. The standard InChI is InChI=1S/C17H18FN3O2/c1-11-6-7-16(23-11)17-12(9-20-21-17)8-19-10-15(22)13-4-2-3-5-14(13)18/h2-7,9,15,19,22H,8,10H2,1H3,(H,20,21). The van der Waals surface area contributed by atoms with Crippen LogP contribution in [0.4, 0.5) is 4.39 Å². The molecule has 3 N–H and O–H groups in total. The number of nitrogens with zero attached hydrogens (tertiary/aromatic N) is 1. The van der Waals surface area contributed by atoms with Gasteiger partial charge in [-0.15, -0.1) is 0 Å². The lowest BCUT2D eigenvalue weighted by atomic mass is 10.1. The Labute approximate surface area is 133 Å². The second-order valence-corrected chi connectivity index (χ2v) is 5.35. The molecule has 23 heavy (non-hydrogen) atoms. The molecule has 0 bridgehead atoms. The number of aromatic amines is 1. The zero-order valence-electron chi connectivity index (χ0n) is 12.7. The molecule has 2 heterocycles. The number of aromatic nitrogens is 2. The van der Waals surface area contributed by atoms with E-state index >= 15 is 0 Å². The molecule has 0 aliphatic heterocycles. The molecule has 1 aromatic carbocycles. The van der Waals surface area contributed by atoms with Gasteiger partial charge in [0.05, 0.1) is 12.3 Å². The van der Waals surface area contributed by atoms with Crippen molar-refractivity contribution >= 4 is 0 Å². The fourth-order valence-electron chi connectivity index (χ4n) is 2.43. The van der Waals surface area contributed by atoms with Crippen LogP contribution in [0.25, 0.3) is 11.5 Å². The van der Waals surface area contributed by atoms with Crippen LogP contribution in [-0.4, -0.2) is 21.8 Å². The Bertz CT molecular complexity index is 782. The molecule has 3 aromatic rings. The second kappa shape index (κ2) is 6.76. The molecule has 5 nitrogen and oxygen atoms in total. The second-order valence-electron chi connectivity index (χ2n) is 5.35. The summed E-state index contributed by atoms with van der Waals surface area (Å²) in [4.78, 5) is 0. The van der Waals surface area contributed by atoms with E-state index in [1.54, 1.807) is 24.4 Å². The number of H-pyrrole nitrogens is 1. The van der Waals surface area contributed by atoms with Crippen LogP contribution in [-0.2, 0) is 6.54 Å². The van der Waals surface area contributed by atoms with E-state index in [2.05, 4.69) is 15.5 Å². The highest BCUT2D eigenvalue weighted by Gasteiger charge is 2.14. The Morgan fingerprint density at radius 1 is 1.30 bits per heavy atom. The van der Waals surface area contributed by atoms with E-state index in [9.17, 15) is 9.50 Å². The number of rotatable bonds is 6.